The van der Waals surface area contributed by atoms with E-state index in [9.17, 15) is 14.0 Å². The summed E-state index contributed by atoms with van der Waals surface area (Å²) in [6, 6.07) is 12.5. The Balaban J connectivity index is 1.33. The molecule has 2 fully saturated rings. The van der Waals surface area contributed by atoms with E-state index in [-0.39, 0.29) is 30.3 Å². The third-order valence-electron chi connectivity index (χ3n) is 6.46. The van der Waals surface area contributed by atoms with Gasteiger partial charge in [0.25, 0.3) is 5.91 Å². The van der Waals surface area contributed by atoms with Gasteiger partial charge in [-0.2, -0.15) is 0 Å². The third-order valence-corrected chi connectivity index (χ3v) is 6.72. The largest absolute Gasteiger partial charge is 0.484 e. The summed E-state index contributed by atoms with van der Waals surface area (Å²) >= 11 is 5.88. The molecule has 0 bridgehead atoms. The van der Waals surface area contributed by atoms with Crippen molar-refractivity contribution >= 4 is 29.1 Å². The molecule has 1 N–H and O–H groups in total. The van der Waals surface area contributed by atoms with Crippen LogP contribution in [0.4, 0.5) is 10.1 Å². The van der Waals surface area contributed by atoms with Crippen LogP contribution in [0.3, 0.4) is 0 Å². The Kier molecular flexibility index (Phi) is 7.83. The molecule has 1 saturated carbocycles. The SMILES string of the molecule is O=C(Nc1ccc(F)cc1)C(C1CCCC1)N1CCN(C(=O)COc2ccc(Cl)cc2)CC1. The molecule has 2 aromatic rings. The maximum atomic E-state index is 13.2. The lowest BCUT2D eigenvalue weighted by Crippen LogP contribution is -2.57. The Morgan fingerprint density at radius 3 is 2.27 bits per heavy atom. The first-order chi connectivity index (χ1) is 16.0. The fraction of sp³-hybridized carbons (Fsp3) is 0.440. The highest BCUT2D eigenvalue weighted by molar-refractivity contribution is 6.30. The Bertz CT molecular complexity index is 940. The van der Waals surface area contributed by atoms with E-state index in [4.69, 9.17) is 16.3 Å². The van der Waals surface area contributed by atoms with Gasteiger partial charge in [0.2, 0.25) is 5.91 Å². The third kappa shape index (κ3) is 6.24. The van der Waals surface area contributed by atoms with E-state index >= 15 is 0 Å². The minimum Gasteiger partial charge on any atom is -0.484 e. The quantitative estimate of drug-likeness (QED) is 0.654. The maximum Gasteiger partial charge on any atom is 0.260 e. The van der Waals surface area contributed by atoms with Gasteiger partial charge in [0.05, 0.1) is 6.04 Å². The van der Waals surface area contributed by atoms with Gasteiger partial charge in [0.1, 0.15) is 11.6 Å². The molecule has 6 nitrogen and oxygen atoms in total. The van der Waals surface area contributed by atoms with E-state index in [2.05, 4.69) is 10.2 Å². The second kappa shape index (κ2) is 11.0. The van der Waals surface area contributed by atoms with Gasteiger partial charge in [0, 0.05) is 36.9 Å². The highest BCUT2D eigenvalue weighted by atomic mass is 35.5. The van der Waals surface area contributed by atoms with Crippen LogP contribution in [-0.4, -0.2) is 60.4 Å². The number of amides is 2. The molecule has 2 amide bonds. The van der Waals surface area contributed by atoms with Gasteiger partial charge < -0.3 is 15.0 Å². The van der Waals surface area contributed by atoms with Crippen LogP contribution < -0.4 is 10.1 Å². The Morgan fingerprint density at radius 2 is 1.64 bits per heavy atom. The molecule has 33 heavy (non-hydrogen) atoms. The first kappa shape index (κ1) is 23.5. The minimum absolute atomic E-state index is 0.0290. The van der Waals surface area contributed by atoms with E-state index in [1.54, 1.807) is 41.3 Å². The van der Waals surface area contributed by atoms with Gasteiger partial charge in [-0.15, -0.1) is 0 Å². The molecule has 0 spiro atoms. The highest BCUT2D eigenvalue weighted by Crippen LogP contribution is 2.31. The summed E-state index contributed by atoms with van der Waals surface area (Å²) in [6.45, 7) is 2.33. The predicted molar refractivity (Wildman–Crippen MR) is 126 cm³/mol. The van der Waals surface area contributed by atoms with Crippen LogP contribution in [0.5, 0.6) is 5.75 Å². The van der Waals surface area contributed by atoms with Crippen LogP contribution in [0.2, 0.25) is 5.02 Å². The fourth-order valence-corrected chi connectivity index (χ4v) is 4.84. The predicted octanol–water partition coefficient (Wildman–Crippen LogP) is 4.20. The van der Waals surface area contributed by atoms with Crippen molar-refractivity contribution < 1.29 is 18.7 Å². The number of halogens is 2. The zero-order valence-corrected chi connectivity index (χ0v) is 19.3. The molecule has 4 rings (SSSR count). The zero-order valence-electron chi connectivity index (χ0n) is 18.5. The monoisotopic (exact) mass is 473 g/mol. The Morgan fingerprint density at radius 1 is 1.00 bits per heavy atom. The topological polar surface area (TPSA) is 61.9 Å². The van der Waals surface area contributed by atoms with Gasteiger partial charge in [0.15, 0.2) is 6.61 Å². The van der Waals surface area contributed by atoms with Crippen LogP contribution in [0.15, 0.2) is 48.5 Å². The molecule has 1 atom stereocenters. The average molecular weight is 474 g/mol. The van der Waals surface area contributed by atoms with E-state index in [1.165, 1.54) is 12.1 Å². The van der Waals surface area contributed by atoms with Crippen molar-refractivity contribution in [2.24, 2.45) is 5.92 Å². The number of hydrogen-bond acceptors (Lipinski definition) is 4. The van der Waals surface area contributed by atoms with E-state index in [0.29, 0.717) is 48.6 Å². The van der Waals surface area contributed by atoms with Crippen LogP contribution in [0.1, 0.15) is 25.7 Å². The highest BCUT2D eigenvalue weighted by Gasteiger charge is 2.37. The van der Waals surface area contributed by atoms with Crippen molar-refractivity contribution in [3.63, 3.8) is 0 Å². The van der Waals surface area contributed by atoms with E-state index < -0.39 is 0 Å². The molecule has 1 aliphatic heterocycles. The van der Waals surface area contributed by atoms with E-state index in [0.717, 1.165) is 25.7 Å². The minimum atomic E-state index is -0.332. The maximum absolute atomic E-state index is 13.2. The fourth-order valence-electron chi connectivity index (χ4n) is 4.72. The summed E-state index contributed by atoms with van der Waals surface area (Å²) < 4.78 is 18.8. The number of nitrogens with zero attached hydrogens (tertiary/aromatic N) is 2. The number of nitrogens with one attached hydrogen (secondary N) is 1. The van der Waals surface area contributed by atoms with Crippen molar-refractivity contribution in [2.45, 2.75) is 31.7 Å². The molecule has 1 saturated heterocycles. The number of carbonyl (C=O) groups is 2. The van der Waals surface area contributed by atoms with Gasteiger partial charge in [-0.1, -0.05) is 24.4 Å². The summed E-state index contributed by atoms with van der Waals surface area (Å²) in [7, 11) is 0. The number of ether oxygens (including phenoxy) is 1. The van der Waals surface area contributed by atoms with Crippen LogP contribution in [-0.2, 0) is 9.59 Å². The summed E-state index contributed by atoms with van der Waals surface area (Å²) in [5, 5.41) is 3.58. The van der Waals surface area contributed by atoms with Crippen molar-refractivity contribution in [3.05, 3.63) is 59.4 Å². The normalized spacial score (nSPS) is 18.2. The molecular formula is C25H29ClFN3O3. The summed E-state index contributed by atoms with van der Waals surface area (Å²) in [6.07, 6.45) is 4.31. The van der Waals surface area contributed by atoms with Crippen LogP contribution in [0.25, 0.3) is 0 Å². The van der Waals surface area contributed by atoms with Crippen LogP contribution in [0, 0.1) is 11.7 Å². The molecule has 176 valence electrons. The number of anilines is 1. The molecule has 1 heterocycles. The van der Waals surface area contributed by atoms with Gasteiger partial charge in [-0.3, -0.25) is 14.5 Å². The molecular weight excluding hydrogens is 445 g/mol. The number of benzene rings is 2. The summed E-state index contributed by atoms with van der Waals surface area (Å²) in [5.74, 6) is 0.435. The van der Waals surface area contributed by atoms with Gasteiger partial charge in [-0.05, 0) is 67.3 Å². The molecule has 0 aromatic heterocycles. The second-order valence-corrected chi connectivity index (χ2v) is 9.08. The molecule has 1 unspecified atom stereocenters. The van der Waals surface area contributed by atoms with Crippen molar-refractivity contribution in [1.82, 2.24) is 9.80 Å². The first-order valence-electron chi connectivity index (χ1n) is 11.5. The standard InChI is InChI=1S/C25H29ClFN3O3/c26-19-5-11-22(12-6-19)33-17-23(31)29-13-15-30(16-14-29)24(18-3-1-2-4-18)25(32)28-21-9-7-20(27)8-10-21/h5-12,18,24H,1-4,13-17H2,(H,28,32). The smallest absolute Gasteiger partial charge is 0.260 e. The molecule has 2 aromatic carbocycles. The number of carbonyl (C=O) groups excluding carboxylic acids is 2. The molecule has 2 aliphatic rings. The van der Waals surface area contributed by atoms with Gasteiger partial charge in [-0.25, -0.2) is 4.39 Å². The summed E-state index contributed by atoms with van der Waals surface area (Å²) in [4.78, 5) is 29.8. The molecule has 1 aliphatic carbocycles. The van der Waals surface area contributed by atoms with Crippen LogP contribution >= 0.6 is 11.6 Å². The first-order valence-corrected chi connectivity index (χ1v) is 11.8. The summed E-state index contributed by atoms with van der Waals surface area (Å²) in [5.41, 5.74) is 0.595. The molecule has 8 heteroatoms. The van der Waals surface area contributed by atoms with Gasteiger partial charge >= 0.3 is 0 Å². The lowest BCUT2D eigenvalue weighted by atomic mass is 9.95. The Hall–Kier alpha value is -2.64. The lowest BCUT2D eigenvalue weighted by Gasteiger charge is -2.40. The molecule has 0 radical (unpaired) electrons. The van der Waals surface area contributed by atoms with Crippen molar-refractivity contribution in [3.8, 4) is 5.75 Å². The van der Waals surface area contributed by atoms with Crippen molar-refractivity contribution in [1.29, 1.82) is 0 Å². The zero-order chi connectivity index (χ0) is 23.2. The number of piperazine rings is 1. The number of rotatable bonds is 7. The van der Waals surface area contributed by atoms with Crippen molar-refractivity contribution in [2.75, 3.05) is 38.1 Å². The Labute approximate surface area is 198 Å². The number of hydrogen-bond donors (Lipinski definition) is 1. The second-order valence-electron chi connectivity index (χ2n) is 8.64. The lowest BCUT2D eigenvalue weighted by molar-refractivity contribution is -0.136. The average Bonchev–Trinajstić information content (AvgIpc) is 3.35. The van der Waals surface area contributed by atoms with E-state index in [1.807, 2.05) is 0 Å².